The van der Waals surface area contributed by atoms with Crippen LogP contribution in [0, 0.1) is 6.92 Å². The molecule has 6 rings (SSSR count). The molecule has 0 bridgehead atoms. The fraction of sp³-hybridized carbons (Fsp3) is 0.0370. The van der Waals surface area contributed by atoms with E-state index in [4.69, 9.17) is 9.84 Å². The average molecular weight is 416 g/mol. The van der Waals surface area contributed by atoms with E-state index in [1.54, 1.807) is 0 Å². The Morgan fingerprint density at radius 1 is 0.688 bits per heavy atom. The van der Waals surface area contributed by atoms with Crippen LogP contribution in [0.3, 0.4) is 0 Å². The van der Waals surface area contributed by atoms with E-state index in [0.29, 0.717) is 0 Å². The molecule has 0 unspecified atom stereocenters. The van der Waals surface area contributed by atoms with Gasteiger partial charge in [-0.25, -0.2) is 9.36 Å². The van der Waals surface area contributed by atoms with E-state index < -0.39 is 0 Å². The number of nitrogens with zero attached hydrogens (tertiary/aromatic N) is 4. The fourth-order valence-corrected chi connectivity index (χ4v) is 4.02. The van der Waals surface area contributed by atoms with Crippen LogP contribution in [-0.2, 0) is 0 Å². The SMILES string of the molecule is Cc1nn(-c2cccc(Oc3cccc(-n4cc5ccccc5n4)c3)c2)c2ccccc12. The van der Waals surface area contributed by atoms with Gasteiger partial charge in [0.1, 0.15) is 11.5 Å². The summed E-state index contributed by atoms with van der Waals surface area (Å²) in [6.07, 6.45) is 2.03. The second-order valence-corrected chi connectivity index (χ2v) is 7.74. The number of rotatable bonds is 4. The number of hydrogen-bond acceptors (Lipinski definition) is 3. The van der Waals surface area contributed by atoms with Crippen LogP contribution >= 0.6 is 0 Å². The molecule has 2 heterocycles. The molecule has 0 N–H and O–H groups in total. The molecule has 0 aliphatic rings. The summed E-state index contributed by atoms with van der Waals surface area (Å²) in [4.78, 5) is 0. The maximum Gasteiger partial charge on any atom is 0.129 e. The van der Waals surface area contributed by atoms with E-state index in [-0.39, 0.29) is 0 Å². The van der Waals surface area contributed by atoms with Crippen LogP contribution < -0.4 is 4.74 Å². The van der Waals surface area contributed by atoms with Crippen LogP contribution in [0.4, 0.5) is 0 Å². The van der Waals surface area contributed by atoms with Gasteiger partial charge in [-0.1, -0.05) is 48.5 Å². The summed E-state index contributed by atoms with van der Waals surface area (Å²) in [6, 6.07) is 32.3. The molecule has 0 saturated heterocycles. The van der Waals surface area contributed by atoms with Crippen LogP contribution in [-0.4, -0.2) is 19.6 Å². The molecule has 0 saturated carbocycles. The van der Waals surface area contributed by atoms with Gasteiger partial charge < -0.3 is 4.74 Å². The van der Waals surface area contributed by atoms with Crippen LogP contribution in [0.5, 0.6) is 11.5 Å². The van der Waals surface area contributed by atoms with Gasteiger partial charge in [0.2, 0.25) is 0 Å². The van der Waals surface area contributed by atoms with Gasteiger partial charge >= 0.3 is 0 Å². The van der Waals surface area contributed by atoms with Crippen LogP contribution in [0.1, 0.15) is 5.69 Å². The number of ether oxygens (including phenoxy) is 1. The molecule has 0 atom stereocenters. The average Bonchev–Trinajstić information content (AvgIpc) is 3.41. The molecule has 0 spiro atoms. The fourth-order valence-electron chi connectivity index (χ4n) is 4.02. The first-order valence-corrected chi connectivity index (χ1v) is 10.5. The number of aryl methyl sites for hydroxylation is 1. The zero-order chi connectivity index (χ0) is 21.5. The summed E-state index contributed by atoms with van der Waals surface area (Å²) in [5.74, 6) is 1.50. The molecule has 5 nitrogen and oxygen atoms in total. The van der Waals surface area contributed by atoms with Crippen molar-refractivity contribution in [3.63, 3.8) is 0 Å². The van der Waals surface area contributed by atoms with Crippen molar-refractivity contribution in [1.29, 1.82) is 0 Å². The molecule has 2 aromatic heterocycles. The third-order valence-electron chi connectivity index (χ3n) is 5.57. The Morgan fingerprint density at radius 2 is 1.41 bits per heavy atom. The zero-order valence-corrected chi connectivity index (χ0v) is 17.5. The summed E-state index contributed by atoms with van der Waals surface area (Å²) in [5.41, 5.74) is 4.96. The Morgan fingerprint density at radius 3 is 2.25 bits per heavy atom. The van der Waals surface area contributed by atoms with Crippen LogP contribution in [0.15, 0.2) is 103 Å². The second kappa shape index (κ2) is 7.39. The van der Waals surface area contributed by atoms with Gasteiger partial charge in [-0.3, -0.25) is 0 Å². The predicted octanol–water partition coefficient (Wildman–Crippen LogP) is 6.47. The topological polar surface area (TPSA) is 44.9 Å². The van der Waals surface area contributed by atoms with Gasteiger partial charge in [0, 0.05) is 29.1 Å². The molecular weight excluding hydrogens is 396 g/mol. The van der Waals surface area contributed by atoms with Crippen molar-refractivity contribution in [3.8, 4) is 22.9 Å². The second-order valence-electron chi connectivity index (χ2n) is 7.74. The van der Waals surface area contributed by atoms with Gasteiger partial charge in [-0.15, -0.1) is 0 Å². The van der Waals surface area contributed by atoms with E-state index in [1.165, 1.54) is 0 Å². The Bertz CT molecular complexity index is 1540. The van der Waals surface area contributed by atoms with Crippen LogP contribution in [0.2, 0.25) is 0 Å². The smallest absolute Gasteiger partial charge is 0.129 e. The summed E-state index contributed by atoms with van der Waals surface area (Å²) in [5, 5.41) is 11.7. The lowest BCUT2D eigenvalue weighted by molar-refractivity contribution is 0.482. The van der Waals surface area contributed by atoms with Crippen LogP contribution in [0.25, 0.3) is 33.2 Å². The highest BCUT2D eigenvalue weighted by molar-refractivity contribution is 5.83. The minimum atomic E-state index is 0.751. The van der Waals surface area contributed by atoms with Crippen molar-refractivity contribution in [2.24, 2.45) is 0 Å². The van der Waals surface area contributed by atoms with E-state index >= 15 is 0 Å². The number of para-hydroxylation sites is 1. The number of aromatic nitrogens is 4. The van der Waals surface area contributed by atoms with Crippen molar-refractivity contribution in [3.05, 3.63) is 109 Å². The largest absolute Gasteiger partial charge is 0.457 e. The van der Waals surface area contributed by atoms with Gasteiger partial charge in [-0.2, -0.15) is 10.2 Å². The lowest BCUT2D eigenvalue weighted by Gasteiger charge is -2.10. The molecule has 0 amide bonds. The summed E-state index contributed by atoms with van der Waals surface area (Å²) in [6.45, 7) is 2.03. The molecule has 32 heavy (non-hydrogen) atoms. The Kier molecular flexibility index (Phi) is 4.25. The Hall–Kier alpha value is -4.38. The molecule has 0 radical (unpaired) electrons. The molecule has 0 fully saturated rings. The highest BCUT2D eigenvalue weighted by atomic mass is 16.5. The monoisotopic (exact) mass is 416 g/mol. The standard InChI is InChI=1S/C27H20N4O/c1-19-25-13-3-5-15-27(25)31(28-19)22-10-7-12-24(17-22)32-23-11-6-9-21(16-23)30-18-20-8-2-4-14-26(20)29-30/h2-18H,1H3. The first kappa shape index (κ1) is 18.4. The molecule has 154 valence electrons. The maximum absolute atomic E-state index is 6.21. The molecule has 6 aromatic rings. The third kappa shape index (κ3) is 3.20. The first-order valence-electron chi connectivity index (χ1n) is 10.5. The zero-order valence-electron chi connectivity index (χ0n) is 17.5. The molecule has 4 aromatic carbocycles. The van der Waals surface area contributed by atoms with Crippen molar-refractivity contribution < 1.29 is 4.74 Å². The summed E-state index contributed by atoms with van der Waals surface area (Å²) < 4.78 is 10.1. The van der Waals surface area contributed by atoms with E-state index in [2.05, 4.69) is 23.3 Å². The molecule has 0 aliphatic heterocycles. The minimum absolute atomic E-state index is 0.751. The van der Waals surface area contributed by atoms with E-state index in [1.807, 2.05) is 101 Å². The highest BCUT2D eigenvalue weighted by Crippen LogP contribution is 2.28. The number of fused-ring (bicyclic) bond motifs is 2. The van der Waals surface area contributed by atoms with Gasteiger partial charge in [0.25, 0.3) is 0 Å². The maximum atomic E-state index is 6.21. The van der Waals surface area contributed by atoms with Gasteiger partial charge in [0.15, 0.2) is 0 Å². The third-order valence-corrected chi connectivity index (χ3v) is 5.57. The molecular formula is C27H20N4O. The molecule has 5 heteroatoms. The Balaban J connectivity index is 1.33. The molecule has 0 aliphatic carbocycles. The number of hydrogen-bond donors (Lipinski definition) is 0. The van der Waals surface area contributed by atoms with E-state index in [9.17, 15) is 0 Å². The normalized spacial score (nSPS) is 11.3. The number of benzene rings is 4. The van der Waals surface area contributed by atoms with Crippen molar-refractivity contribution in [1.82, 2.24) is 19.6 Å². The van der Waals surface area contributed by atoms with E-state index in [0.717, 1.165) is 50.4 Å². The van der Waals surface area contributed by atoms with Gasteiger partial charge in [0.05, 0.1) is 28.1 Å². The lowest BCUT2D eigenvalue weighted by Crippen LogP contribution is -1.97. The minimum Gasteiger partial charge on any atom is -0.457 e. The van der Waals surface area contributed by atoms with Crippen molar-refractivity contribution in [2.75, 3.05) is 0 Å². The highest BCUT2D eigenvalue weighted by Gasteiger charge is 2.10. The Labute approximate surface area is 185 Å². The predicted molar refractivity (Wildman–Crippen MR) is 127 cm³/mol. The summed E-state index contributed by atoms with van der Waals surface area (Å²) in [7, 11) is 0. The van der Waals surface area contributed by atoms with Crippen molar-refractivity contribution in [2.45, 2.75) is 6.92 Å². The lowest BCUT2D eigenvalue weighted by atomic mass is 10.2. The summed E-state index contributed by atoms with van der Waals surface area (Å²) >= 11 is 0. The van der Waals surface area contributed by atoms with Crippen molar-refractivity contribution >= 4 is 21.8 Å². The quantitative estimate of drug-likeness (QED) is 0.331. The van der Waals surface area contributed by atoms with Gasteiger partial charge in [-0.05, 0) is 43.3 Å². The first-order chi connectivity index (χ1) is 15.7.